The van der Waals surface area contributed by atoms with Gasteiger partial charge in [0, 0.05) is 12.3 Å². The molecule has 0 unspecified atom stereocenters. The van der Waals surface area contributed by atoms with Gasteiger partial charge in [-0.2, -0.15) is 13.2 Å². The fourth-order valence-corrected chi connectivity index (χ4v) is 2.58. The number of hydrogen-bond acceptors (Lipinski definition) is 2. The Kier molecular flexibility index (Phi) is 4.25. The quantitative estimate of drug-likeness (QED) is 0.688. The molecule has 0 amide bonds. The molecule has 2 nitrogen and oxygen atoms in total. The Balaban J connectivity index is 2.27. The second-order valence-corrected chi connectivity index (χ2v) is 5.30. The van der Waals surface area contributed by atoms with Crippen molar-refractivity contribution in [3.8, 4) is 11.6 Å². The Hall–Kier alpha value is -1.27. The molecule has 106 valence electrons. The maximum absolute atomic E-state index is 12.4. The van der Waals surface area contributed by atoms with Crippen molar-refractivity contribution in [1.29, 1.82) is 0 Å². The maximum atomic E-state index is 12.4. The van der Waals surface area contributed by atoms with E-state index < -0.39 is 11.7 Å². The first-order valence-electron chi connectivity index (χ1n) is 5.44. The van der Waals surface area contributed by atoms with Crippen LogP contribution in [-0.2, 0) is 6.18 Å². The highest BCUT2D eigenvalue weighted by Crippen LogP contribution is 2.37. The van der Waals surface area contributed by atoms with Gasteiger partial charge in [-0.3, -0.25) is 0 Å². The highest BCUT2D eigenvalue weighted by molar-refractivity contribution is 9.10. The van der Waals surface area contributed by atoms with Crippen molar-refractivity contribution in [1.82, 2.24) is 4.98 Å². The van der Waals surface area contributed by atoms with E-state index in [1.165, 1.54) is 0 Å². The molecule has 0 aliphatic heterocycles. The lowest BCUT2D eigenvalue weighted by molar-refractivity contribution is -0.137. The Morgan fingerprint density at radius 1 is 1.25 bits per heavy atom. The van der Waals surface area contributed by atoms with E-state index in [1.54, 1.807) is 12.1 Å². The molecule has 0 spiro atoms. The monoisotopic (exact) mass is 365 g/mol. The zero-order chi connectivity index (χ0) is 14.9. The number of alkyl halides is 3. The number of pyridine rings is 1. The highest BCUT2D eigenvalue weighted by atomic mass is 79.9. The van der Waals surface area contributed by atoms with Gasteiger partial charge in [0.1, 0.15) is 0 Å². The summed E-state index contributed by atoms with van der Waals surface area (Å²) in [7, 11) is 0. The second-order valence-electron chi connectivity index (χ2n) is 4.04. The molecule has 0 radical (unpaired) electrons. The van der Waals surface area contributed by atoms with Crippen molar-refractivity contribution in [3.05, 3.63) is 51.1 Å². The van der Waals surface area contributed by atoms with Crippen LogP contribution < -0.4 is 4.74 Å². The number of ether oxygens (including phenoxy) is 1. The molecule has 1 heterocycles. The number of nitrogens with zero attached hydrogens (tertiary/aromatic N) is 1. The van der Waals surface area contributed by atoms with E-state index in [1.807, 2.05) is 6.92 Å². The predicted molar refractivity (Wildman–Crippen MR) is 73.2 cm³/mol. The minimum absolute atomic E-state index is 0.0319. The van der Waals surface area contributed by atoms with Gasteiger partial charge in [-0.1, -0.05) is 11.6 Å². The van der Waals surface area contributed by atoms with Crippen LogP contribution in [0.5, 0.6) is 11.6 Å². The van der Waals surface area contributed by atoms with E-state index >= 15 is 0 Å². The van der Waals surface area contributed by atoms with E-state index in [4.69, 9.17) is 16.3 Å². The molecule has 1 aromatic heterocycles. The summed E-state index contributed by atoms with van der Waals surface area (Å²) < 4.78 is 43.2. The maximum Gasteiger partial charge on any atom is 0.417 e. The first-order chi connectivity index (χ1) is 9.27. The molecule has 0 aliphatic carbocycles. The molecule has 7 heteroatoms. The lowest BCUT2D eigenvalue weighted by Crippen LogP contribution is -2.05. The molecule has 0 N–H and O–H groups in total. The van der Waals surface area contributed by atoms with E-state index in [0.717, 1.165) is 17.7 Å². The van der Waals surface area contributed by atoms with Crippen LogP contribution in [0, 0.1) is 6.92 Å². The molecule has 20 heavy (non-hydrogen) atoms. The Morgan fingerprint density at radius 2 is 1.95 bits per heavy atom. The van der Waals surface area contributed by atoms with Crippen molar-refractivity contribution in [2.45, 2.75) is 13.1 Å². The lowest BCUT2D eigenvalue weighted by Gasteiger charge is -2.11. The van der Waals surface area contributed by atoms with Gasteiger partial charge in [0.25, 0.3) is 0 Å². The van der Waals surface area contributed by atoms with Crippen LogP contribution in [-0.4, -0.2) is 4.98 Å². The zero-order valence-corrected chi connectivity index (χ0v) is 12.5. The standard InChI is InChI=1S/C13H8BrClF3NO/c1-7-4-9(14)12(10(15)5-7)20-11-3-2-8(6-19-11)13(16,17)18/h2-6H,1H3. The first kappa shape index (κ1) is 15.1. The third-order valence-corrected chi connectivity index (χ3v) is 3.28. The van der Waals surface area contributed by atoms with E-state index in [0.29, 0.717) is 21.4 Å². The van der Waals surface area contributed by atoms with Gasteiger partial charge in [-0.05, 0) is 46.6 Å². The highest BCUT2D eigenvalue weighted by Gasteiger charge is 2.30. The SMILES string of the molecule is Cc1cc(Cl)c(Oc2ccc(C(F)(F)F)cn2)c(Br)c1. The zero-order valence-electron chi connectivity index (χ0n) is 10.1. The van der Waals surface area contributed by atoms with Crippen LogP contribution in [0.2, 0.25) is 5.02 Å². The number of benzene rings is 1. The van der Waals surface area contributed by atoms with Crippen LogP contribution >= 0.6 is 27.5 Å². The number of halogens is 5. The van der Waals surface area contributed by atoms with Crippen LogP contribution in [0.3, 0.4) is 0 Å². The van der Waals surface area contributed by atoms with Crippen molar-refractivity contribution in [3.63, 3.8) is 0 Å². The molecular weight excluding hydrogens is 358 g/mol. The molecule has 2 aromatic rings. The number of aromatic nitrogens is 1. The van der Waals surface area contributed by atoms with Crippen molar-refractivity contribution in [2.24, 2.45) is 0 Å². The van der Waals surface area contributed by atoms with Gasteiger partial charge in [-0.15, -0.1) is 0 Å². The molecular formula is C13H8BrClF3NO. The number of aryl methyl sites for hydroxylation is 1. The van der Waals surface area contributed by atoms with Crippen molar-refractivity contribution >= 4 is 27.5 Å². The van der Waals surface area contributed by atoms with Gasteiger partial charge in [0.05, 0.1) is 15.1 Å². The molecule has 0 saturated carbocycles. The fourth-order valence-electron chi connectivity index (χ4n) is 1.50. The van der Waals surface area contributed by atoms with Crippen LogP contribution in [0.1, 0.15) is 11.1 Å². The lowest BCUT2D eigenvalue weighted by atomic mass is 10.2. The second kappa shape index (κ2) is 5.61. The average Bonchev–Trinajstić information content (AvgIpc) is 2.33. The Morgan fingerprint density at radius 3 is 2.45 bits per heavy atom. The van der Waals surface area contributed by atoms with E-state index in [2.05, 4.69) is 20.9 Å². The summed E-state index contributed by atoms with van der Waals surface area (Å²) in [5.74, 6) is 0.342. The fraction of sp³-hybridized carbons (Fsp3) is 0.154. The molecule has 0 saturated heterocycles. The largest absolute Gasteiger partial charge is 0.436 e. The first-order valence-corrected chi connectivity index (χ1v) is 6.61. The molecule has 0 bridgehead atoms. The summed E-state index contributed by atoms with van der Waals surface area (Å²) in [6.45, 7) is 1.86. The van der Waals surface area contributed by atoms with E-state index in [9.17, 15) is 13.2 Å². The van der Waals surface area contributed by atoms with Crippen molar-refractivity contribution in [2.75, 3.05) is 0 Å². The number of rotatable bonds is 2. The Bertz CT molecular complexity index is 605. The average molecular weight is 367 g/mol. The summed E-state index contributed by atoms with van der Waals surface area (Å²) in [5, 5.41) is 0.346. The molecule has 0 atom stereocenters. The number of hydrogen-bond donors (Lipinski definition) is 0. The van der Waals surface area contributed by atoms with E-state index in [-0.39, 0.29) is 5.88 Å². The summed E-state index contributed by atoms with van der Waals surface area (Å²) in [6.07, 6.45) is -3.71. The third kappa shape index (κ3) is 3.43. The summed E-state index contributed by atoms with van der Waals surface area (Å²) in [6, 6.07) is 5.51. The summed E-state index contributed by atoms with van der Waals surface area (Å²) >= 11 is 9.31. The van der Waals surface area contributed by atoms with Gasteiger partial charge in [-0.25, -0.2) is 4.98 Å². The molecule has 0 aliphatic rings. The smallest absolute Gasteiger partial charge is 0.417 e. The van der Waals surface area contributed by atoms with Crippen LogP contribution in [0.4, 0.5) is 13.2 Å². The topological polar surface area (TPSA) is 22.1 Å². The van der Waals surface area contributed by atoms with Crippen molar-refractivity contribution < 1.29 is 17.9 Å². The predicted octanol–water partition coefficient (Wildman–Crippen LogP) is 5.62. The summed E-state index contributed by atoms with van der Waals surface area (Å²) in [5.41, 5.74) is 0.0912. The van der Waals surface area contributed by atoms with Crippen LogP contribution in [0.25, 0.3) is 0 Å². The normalized spacial score (nSPS) is 11.5. The van der Waals surface area contributed by atoms with Gasteiger partial charge in [0.15, 0.2) is 5.75 Å². The minimum atomic E-state index is -4.42. The molecule has 0 fully saturated rings. The van der Waals surface area contributed by atoms with Crippen LogP contribution in [0.15, 0.2) is 34.9 Å². The van der Waals surface area contributed by atoms with Gasteiger partial charge >= 0.3 is 6.18 Å². The third-order valence-electron chi connectivity index (χ3n) is 2.41. The summed E-state index contributed by atoms with van der Waals surface area (Å²) in [4.78, 5) is 3.62. The van der Waals surface area contributed by atoms with Gasteiger partial charge < -0.3 is 4.74 Å². The molecule has 2 rings (SSSR count). The van der Waals surface area contributed by atoms with Gasteiger partial charge in [0.2, 0.25) is 5.88 Å². The minimum Gasteiger partial charge on any atom is -0.436 e. The Labute approximate surface area is 126 Å². The molecule has 1 aromatic carbocycles.